The summed E-state index contributed by atoms with van der Waals surface area (Å²) in [6.07, 6.45) is 2.20. The van der Waals surface area contributed by atoms with E-state index in [2.05, 4.69) is 11.0 Å². The molecule has 20 heavy (non-hydrogen) atoms. The van der Waals surface area contributed by atoms with E-state index in [1.165, 1.54) is 12.0 Å². The molecule has 1 aromatic carbocycles. The molecule has 1 atom stereocenters. The second kappa shape index (κ2) is 5.90. The van der Waals surface area contributed by atoms with Crippen LogP contribution in [0.2, 0.25) is 5.22 Å². The molecule has 3 rings (SSSR count). The Labute approximate surface area is 123 Å². The van der Waals surface area contributed by atoms with Gasteiger partial charge in [0.2, 0.25) is 0 Å². The van der Waals surface area contributed by atoms with Crippen LogP contribution >= 0.6 is 11.6 Å². The summed E-state index contributed by atoms with van der Waals surface area (Å²) >= 11 is 5.79. The summed E-state index contributed by atoms with van der Waals surface area (Å²) in [6, 6.07) is 11.3. The lowest BCUT2D eigenvalue weighted by Crippen LogP contribution is -2.20. The molecule has 1 unspecified atom stereocenters. The maximum absolute atomic E-state index is 9.50. The van der Waals surface area contributed by atoms with Crippen molar-refractivity contribution in [3.8, 4) is 5.75 Å². The van der Waals surface area contributed by atoms with Crippen LogP contribution in [0.4, 0.5) is 0 Å². The van der Waals surface area contributed by atoms with E-state index in [0.29, 0.717) is 16.9 Å². The summed E-state index contributed by atoms with van der Waals surface area (Å²) in [6.45, 7) is 2.97. The van der Waals surface area contributed by atoms with Crippen LogP contribution in [0, 0.1) is 5.92 Å². The monoisotopic (exact) mass is 291 g/mol. The van der Waals surface area contributed by atoms with Crippen molar-refractivity contribution < 1.29 is 9.52 Å². The van der Waals surface area contributed by atoms with Gasteiger partial charge in [0.05, 0.1) is 6.54 Å². The first-order chi connectivity index (χ1) is 9.69. The smallest absolute Gasteiger partial charge is 0.193 e. The second-order valence-electron chi connectivity index (χ2n) is 5.47. The average Bonchev–Trinajstić information content (AvgIpc) is 3.00. The standard InChI is InChI=1S/C16H18ClNO2/c17-16-5-4-15(20-16)11-18-7-6-13(10-18)8-12-2-1-3-14(19)9-12/h1-5,9,13,19H,6-8,10-11H2. The number of rotatable bonds is 4. The first kappa shape index (κ1) is 13.5. The molecule has 4 heteroatoms. The predicted molar refractivity (Wildman–Crippen MR) is 78.9 cm³/mol. The van der Waals surface area contributed by atoms with Gasteiger partial charge < -0.3 is 9.52 Å². The Bertz CT molecular complexity index is 581. The fourth-order valence-corrected chi connectivity index (χ4v) is 3.06. The molecule has 1 saturated heterocycles. The number of aromatic hydroxyl groups is 1. The highest BCUT2D eigenvalue weighted by Gasteiger charge is 2.23. The Kier molecular flexibility index (Phi) is 3.99. The molecule has 0 saturated carbocycles. The summed E-state index contributed by atoms with van der Waals surface area (Å²) in [7, 11) is 0. The fraction of sp³-hybridized carbons (Fsp3) is 0.375. The first-order valence-corrected chi connectivity index (χ1v) is 7.31. The lowest BCUT2D eigenvalue weighted by molar-refractivity contribution is 0.286. The molecule has 0 radical (unpaired) electrons. The van der Waals surface area contributed by atoms with E-state index in [-0.39, 0.29) is 0 Å². The van der Waals surface area contributed by atoms with E-state index in [1.807, 2.05) is 18.2 Å². The third kappa shape index (κ3) is 3.35. The van der Waals surface area contributed by atoms with Gasteiger partial charge in [-0.05, 0) is 66.7 Å². The van der Waals surface area contributed by atoms with Gasteiger partial charge in [0.25, 0.3) is 0 Å². The van der Waals surface area contributed by atoms with Gasteiger partial charge in [-0.25, -0.2) is 0 Å². The third-order valence-electron chi connectivity index (χ3n) is 3.81. The van der Waals surface area contributed by atoms with Gasteiger partial charge in [0.15, 0.2) is 5.22 Å². The van der Waals surface area contributed by atoms with Crippen molar-refractivity contribution in [2.75, 3.05) is 13.1 Å². The first-order valence-electron chi connectivity index (χ1n) is 6.93. The number of phenols is 1. The summed E-state index contributed by atoms with van der Waals surface area (Å²) in [5.41, 5.74) is 1.21. The van der Waals surface area contributed by atoms with Crippen molar-refractivity contribution in [2.45, 2.75) is 19.4 Å². The van der Waals surface area contributed by atoms with Gasteiger partial charge >= 0.3 is 0 Å². The molecule has 0 bridgehead atoms. The van der Waals surface area contributed by atoms with Crippen molar-refractivity contribution in [1.82, 2.24) is 4.90 Å². The van der Waals surface area contributed by atoms with Crippen LogP contribution in [0.15, 0.2) is 40.8 Å². The lowest BCUT2D eigenvalue weighted by atomic mass is 9.99. The third-order valence-corrected chi connectivity index (χ3v) is 4.02. The number of nitrogens with zero attached hydrogens (tertiary/aromatic N) is 1. The molecule has 0 spiro atoms. The molecule has 0 amide bonds. The van der Waals surface area contributed by atoms with E-state index in [0.717, 1.165) is 31.8 Å². The lowest BCUT2D eigenvalue weighted by Gasteiger charge is -2.14. The zero-order valence-corrected chi connectivity index (χ0v) is 12.0. The largest absolute Gasteiger partial charge is 0.508 e. The van der Waals surface area contributed by atoms with E-state index < -0.39 is 0 Å². The van der Waals surface area contributed by atoms with Crippen molar-refractivity contribution in [3.05, 3.63) is 52.9 Å². The number of hydrogen-bond donors (Lipinski definition) is 1. The Morgan fingerprint density at radius 1 is 1.30 bits per heavy atom. The molecule has 1 aliphatic rings. The van der Waals surface area contributed by atoms with Crippen LogP contribution in [0.1, 0.15) is 17.7 Å². The molecule has 1 aliphatic heterocycles. The highest BCUT2D eigenvalue weighted by molar-refractivity contribution is 6.28. The SMILES string of the molecule is Oc1cccc(CC2CCN(Cc3ccc(Cl)o3)C2)c1. The molecule has 3 nitrogen and oxygen atoms in total. The van der Waals surface area contributed by atoms with Gasteiger partial charge in [0, 0.05) is 6.54 Å². The summed E-state index contributed by atoms with van der Waals surface area (Å²) < 4.78 is 5.41. The number of halogens is 1. The van der Waals surface area contributed by atoms with Crippen molar-refractivity contribution in [2.24, 2.45) is 5.92 Å². The van der Waals surface area contributed by atoms with Crippen LogP contribution in [0.25, 0.3) is 0 Å². The van der Waals surface area contributed by atoms with Crippen LogP contribution in [-0.4, -0.2) is 23.1 Å². The van der Waals surface area contributed by atoms with Crippen LogP contribution < -0.4 is 0 Å². The minimum atomic E-state index is 0.350. The van der Waals surface area contributed by atoms with Gasteiger partial charge in [-0.3, -0.25) is 4.90 Å². The quantitative estimate of drug-likeness (QED) is 0.933. The topological polar surface area (TPSA) is 36.6 Å². The number of benzene rings is 1. The molecular weight excluding hydrogens is 274 g/mol. The minimum absolute atomic E-state index is 0.350. The van der Waals surface area contributed by atoms with Gasteiger partial charge in [-0.2, -0.15) is 0 Å². The van der Waals surface area contributed by atoms with Crippen LogP contribution in [0.3, 0.4) is 0 Å². The maximum atomic E-state index is 9.50. The molecule has 1 N–H and O–H groups in total. The normalized spacial score (nSPS) is 19.6. The van der Waals surface area contributed by atoms with Gasteiger partial charge in [-0.1, -0.05) is 12.1 Å². The Balaban J connectivity index is 1.54. The van der Waals surface area contributed by atoms with Crippen molar-refractivity contribution in [1.29, 1.82) is 0 Å². The molecule has 0 aliphatic carbocycles. The molecule has 106 valence electrons. The van der Waals surface area contributed by atoms with Crippen LogP contribution in [-0.2, 0) is 13.0 Å². The van der Waals surface area contributed by atoms with Gasteiger partial charge in [0.1, 0.15) is 11.5 Å². The van der Waals surface area contributed by atoms with Crippen LogP contribution in [0.5, 0.6) is 5.75 Å². The molecule has 1 aromatic heterocycles. The molecule has 2 aromatic rings. The van der Waals surface area contributed by atoms with Crippen molar-refractivity contribution >= 4 is 11.6 Å². The van der Waals surface area contributed by atoms with E-state index >= 15 is 0 Å². The number of furan rings is 1. The Hall–Kier alpha value is -1.45. The fourth-order valence-electron chi connectivity index (χ4n) is 2.90. The Morgan fingerprint density at radius 2 is 2.20 bits per heavy atom. The second-order valence-corrected chi connectivity index (χ2v) is 5.84. The van der Waals surface area contributed by atoms with E-state index in [9.17, 15) is 5.11 Å². The zero-order chi connectivity index (χ0) is 13.9. The highest BCUT2D eigenvalue weighted by atomic mass is 35.5. The van der Waals surface area contributed by atoms with E-state index in [1.54, 1.807) is 12.1 Å². The number of hydrogen-bond acceptors (Lipinski definition) is 3. The molecule has 1 fully saturated rings. The van der Waals surface area contributed by atoms with Gasteiger partial charge in [-0.15, -0.1) is 0 Å². The predicted octanol–water partition coefficient (Wildman–Crippen LogP) is 3.70. The summed E-state index contributed by atoms with van der Waals surface area (Å²) in [5, 5.41) is 9.96. The van der Waals surface area contributed by atoms with Crippen molar-refractivity contribution in [3.63, 3.8) is 0 Å². The summed E-state index contributed by atoms with van der Waals surface area (Å²) in [4.78, 5) is 2.39. The molecular formula is C16H18ClNO2. The van der Waals surface area contributed by atoms with E-state index in [4.69, 9.17) is 16.0 Å². The Morgan fingerprint density at radius 3 is 2.95 bits per heavy atom. The number of likely N-dealkylation sites (tertiary alicyclic amines) is 1. The zero-order valence-electron chi connectivity index (χ0n) is 11.3. The molecule has 2 heterocycles. The maximum Gasteiger partial charge on any atom is 0.193 e. The highest BCUT2D eigenvalue weighted by Crippen LogP contribution is 2.24. The minimum Gasteiger partial charge on any atom is -0.508 e. The summed E-state index contributed by atoms with van der Waals surface area (Å²) in [5.74, 6) is 1.91. The average molecular weight is 292 g/mol. The number of phenolic OH excluding ortho intramolecular Hbond substituents is 1.